The van der Waals surface area contributed by atoms with Crippen molar-refractivity contribution in [1.29, 1.82) is 0 Å². The van der Waals surface area contributed by atoms with E-state index < -0.39 is 5.91 Å². The Bertz CT molecular complexity index is 923. The normalized spacial score (nSPS) is 15.3. The number of H-pyrrole nitrogens is 1. The first-order valence-electron chi connectivity index (χ1n) is 8.72. The second-order valence-corrected chi connectivity index (χ2v) is 7.54. The molecular formula is C19H21N5OS. The van der Waals surface area contributed by atoms with Crippen molar-refractivity contribution in [3.63, 3.8) is 0 Å². The van der Waals surface area contributed by atoms with E-state index in [9.17, 15) is 4.79 Å². The summed E-state index contributed by atoms with van der Waals surface area (Å²) in [6.07, 6.45) is 3.97. The Morgan fingerprint density at radius 2 is 2.15 bits per heavy atom. The van der Waals surface area contributed by atoms with Crippen molar-refractivity contribution in [3.8, 4) is 11.1 Å². The lowest BCUT2D eigenvalue weighted by atomic mass is 9.89. The lowest BCUT2D eigenvalue weighted by Crippen LogP contribution is -2.33. The van der Waals surface area contributed by atoms with Gasteiger partial charge in [-0.15, -0.1) is 11.3 Å². The summed E-state index contributed by atoms with van der Waals surface area (Å²) in [5, 5.41) is 10.1. The molecule has 0 saturated carbocycles. The number of thiazole rings is 1. The van der Waals surface area contributed by atoms with Gasteiger partial charge in [0.25, 0.3) is 5.91 Å². The number of nitrogens with zero attached hydrogens (tertiary/aromatic N) is 3. The third-order valence-electron chi connectivity index (χ3n) is 4.92. The van der Waals surface area contributed by atoms with Crippen LogP contribution in [0.3, 0.4) is 0 Å². The van der Waals surface area contributed by atoms with E-state index in [1.807, 2.05) is 6.20 Å². The molecule has 0 spiro atoms. The van der Waals surface area contributed by atoms with Gasteiger partial charge in [-0.3, -0.25) is 9.89 Å². The predicted molar refractivity (Wildman–Crippen MR) is 104 cm³/mol. The van der Waals surface area contributed by atoms with Crippen molar-refractivity contribution < 1.29 is 4.79 Å². The molecule has 3 aromatic rings. The van der Waals surface area contributed by atoms with E-state index in [-0.39, 0.29) is 0 Å². The second kappa shape index (κ2) is 6.92. The third-order valence-corrected chi connectivity index (χ3v) is 5.82. The highest BCUT2D eigenvalue weighted by molar-refractivity contribution is 7.13. The molecule has 0 unspecified atom stereocenters. The molecule has 6 nitrogen and oxygen atoms in total. The van der Waals surface area contributed by atoms with Crippen LogP contribution in [0, 0.1) is 6.92 Å². The largest absolute Gasteiger partial charge is 0.364 e. The molecule has 0 atom stereocenters. The van der Waals surface area contributed by atoms with E-state index in [1.54, 1.807) is 5.38 Å². The number of carbonyl (C=O) groups is 1. The summed E-state index contributed by atoms with van der Waals surface area (Å²) in [5.74, 6) is -0.0255. The van der Waals surface area contributed by atoms with Gasteiger partial charge in [-0.25, -0.2) is 4.98 Å². The molecule has 4 rings (SSSR count). The molecule has 1 saturated heterocycles. The van der Waals surface area contributed by atoms with Gasteiger partial charge in [-0.05, 0) is 25.3 Å². The van der Waals surface area contributed by atoms with E-state index >= 15 is 0 Å². The van der Waals surface area contributed by atoms with Crippen LogP contribution in [0.4, 0.5) is 5.13 Å². The number of primary amides is 1. The zero-order valence-corrected chi connectivity index (χ0v) is 15.4. The number of aromatic amines is 1. The Balaban J connectivity index is 1.49. The summed E-state index contributed by atoms with van der Waals surface area (Å²) in [4.78, 5) is 17.8. The van der Waals surface area contributed by atoms with Gasteiger partial charge in [0.15, 0.2) is 5.13 Å². The van der Waals surface area contributed by atoms with Gasteiger partial charge in [0.1, 0.15) is 5.69 Å². The highest BCUT2D eigenvalue weighted by Crippen LogP contribution is 2.35. The average molecular weight is 367 g/mol. The first-order valence-corrected chi connectivity index (χ1v) is 9.60. The zero-order valence-electron chi connectivity index (χ0n) is 14.6. The number of aromatic nitrogens is 3. The minimum Gasteiger partial charge on any atom is -0.364 e. The number of nitrogens with one attached hydrogen (secondary N) is 1. The highest BCUT2D eigenvalue weighted by Gasteiger charge is 2.26. The fourth-order valence-corrected chi connectivity index (χ4v) is 4.40. The lowest BCUT2D eigenvalue weighted by Gasteiger charge is -2.31. The summed E-state index contributed by atoms with van der Waals surface area (Å²) in [5.41, 5.74) is 10.5. The number of nitrogens with two attached hydrogens (primary N) is 1. The lowest BCUT2D eigenvalue weighted by molar-refractivity contribution is 0.0996. The molecule has 3 N–H and O–H groups in total. The number of carbonyl (C=O) groups excluding carboxylic acids is 1. The molecule has 0 bridgehead atoms. The van der Waals surface area contributed by atoms with Crippen molar-refractivity contribution in [3.05, 3.63) is 52.8 Å². The van der Waals surface area contributed by atoms with Crippen molar-refractivity contribution in [2.45, 2.75) is 25.7 Å². The van der Waals surface area contributed by atoms with Crippen molar-refractivity contribution >= 4 is 22.4 Å². The minimum absolute atomic E-state index is 0.349. The van der Waals surface area contributed by atoms with Crippen LogP contribution in [0.15, 0.2) is 35.8 Å². The smallest absolute Gasteiger partial charge is 0.268 e. The van der Waals surface area contributed by atoms with Crippen LogP contribution in [-0.4, -0.2) is 34.2 Å². The van der Waals surface area contributed by atoms with Gasteiger partial charge >= 0.3 is 0 Å². The number of hydrogen-bond donors (Lipinski definition) is 2. The number of piperidine rings is 1. The maximum atomic E-state index is 11.2. The SMILES string of the molecule is Cc1cccc(-c2cn[nH]c2C2CCN(c3nc(C(N)=O)cs3)CC2)c1. The first kappa shape index (κ1) is 16.8. The zero-order chi connectivity index (χ0) is 18.1. The molecule has 26 heavy (non-hydrogen) atoms. The standard InChI is InChI=1S/C19H21N5OS/c1-12-3-2-4-14(9-12)15-10-21-23-17(15)13-5-7-24(8-6-13)19-22-16(11-26-19)18(20)25/h2-4,9-11,13H,5-8H2,1H3,(H2,20,25)(H,21,23). The maximum absolute atomic E-state index is 11.2. The Kier molecular flexibility index (Phi) is 4.46. The summed E-state index contributed by atoms with van der Waals surface area (Å²) in [6.45, 7) is 3.92. The summed E-state index contributed by atoms with van der Waals surface area (Å²) in [7, 11) is 0. The Labute approximate surface area is 156 Å². The molecule has 2 aromatic heterocycles. The molecular weight excluding hydrogens is 346 g/mol. The van der Waals surface area contributed by atoms with Crippen LogP contribution in [0.5, 0.6) is 0 Å². The fraction of sp³-hybridized carbons (Fsp3) is 0.316. The van der Waals surface area contributed by atoms with Crippen LogP contribution in [0.2, 0.25) is 0 Å². The molecule has 3 heterocycles. The predicted octanol–water partition coefficient (Wildman–Crippen LogP) is 3.32. The van der Waals surface area contributed by atoms with Crippen molar-refractivity contribution in [2.24, 2.45) is 5.73 Å². The van der Waals surface area contributed by atoms with Gasteiger partial charge in [0, 0.05) is 35.6 Å². The quantitative estimate of drug-likeness (QED) is 0.740. The Morgan fingerprint density at radius 3 is 2.85 bits per heavy atom. The third kappa shape index (κ3) is 3.22. The van der Waals surface area contributed by atoms with E-state index in [1.165, 1.54) is 33.7 Å². The van der Waals surface area contributed by atoms with Gasteiger partial charge < -0.3 is 10.6 Å². The van der Waals surface area contributed by atoms with Crippen molar-refractivity contribution in [1.82, 2.24) is 15.2 Å². The summed E-state index contributed by atoms with van der Waals surface area (Å²) >= 11 is 1.48. The van der Waals surface area contributed by atoms with Crippen LogP contribution >= 0.6 is 11.3 Å². The molecule has 134 valence electrons. The second-order valence-electron chi connectivity index (χ2n) is 6.71. The van der Waals surface area contributed by atoms with Crippen LogP contribution in [0.1, 0.15) is 40.5 Å². The molecule has 1 aliphatic heterocycles. The van der Waals surface area contributed by atoms with E-state index in [2.05, 4.69) is 51.3 Å². The Hall–Kier alpha value is -2.67. The number of amides is 1. The van der Waals surface area contributed by atoms with Gasteiger partial charge in [0.2, 0.25) is 0 Å². The van der Waals surface area contributed by atoms with Crippen molar-refractivity contribution in [2.75, 3.05) is 18.0 Å². The summed E-state index contributed by atoms with van der Waals surface area (Å²) < 4.78 is 0. The first-order chi connectivity index (χ1) is 12.6. The molecule has 1 aromatic carbocycles. The van der Waals surface area contributed by atoms with Gasteiger partial charge in [-0.2, -0.15) is 5.10 Å². The molecule has 1 amide bonds. The number of rotatable bonds is 4. The maximum Gasteiger partial charge on any atom is 0.268 e. The van der Waals surface area contributed by atoms with E-state index in [4.69, 9.17) is 5.73 Å². The van der Waals surface area contributed by atoms with Crippen LogP contribution in [-0.2, 0) is 0 Å². The highest BCUT2D eigenvalue weighted by atomic mass is 32.1. The number of anilines is 1. The van der Waals surface area contributed by atoms with E-state index in [0.717, 1.165) is 31.1 Å². The number of benzene rings is 1. The monoisotopic (exact) mass is 367 g/mol. The topological polar surface area (TPSA) is 87.9 Å². The average Bonchev–Trinajstić information content (AvgIpc) is 3.32. The summed E-state index contributed by atoms with van der Waals surface area (Å²) in [6, 6.07) is 8.53. The minimum atomic E-state index is -0.470. The van der Waals surface area contributed by atoms with Crippen LogP contribution < -0.4 is 10.6 Å². The molecule has 1 fully saturated rings. The molecule has 1 aliphatic rings. The van der Waals surface area contributed by atoms with Gasteiger partial charge in [0.05, 0.1) is 6.20 Å². The number of hydrogen-bond acceptors (Lipinski definition) is 5. The fourth-order valence-electron chi connectivity index (χ4n) is 3.53. The van der Waals surface area contributed by atoms with Gasteiger partial charge in [-0.1, -0.05) is 29.8 Å². The molecule has 0 radical (unpaired) electrons. The molecule has 7 heteroatoms. The van der Waals surface area contributed by atoms with E-state index in [0.29, 0.717) is 11.6 Å². The molecule has 0 aliphatic carbocycles. The number of aryl methyl sites for hydroxylation is 1. The Morgan fingerprint density at radius 1 is 1.35 bits per heavy atom. The van der Waals surface area contributed by atoms with Crippen LogP contribution in [0.25, 0.3) is 11.1 Å².